The van der Waals surface area contributed by atoms with Crippen LogP contribution in [-0.4, -0.2) is 23.9 Å². The molecule has 25 heavy (non-hydrogen) atoms. The van der Waals surface area contributed by atoms with Crippen LogP contribution >= 0.6 is 12.4 Å². The fourth-order valence-electron chi connectivity index (χ4n) is 4.89. The molecule has 3 nitrogen and oxygen atoms in total. The largest absolute Gasteiger partial charge is 0.339 e. The van der Waals surface area contributed by atoms with Gasteiger partial charge < -0.3 is 10.6 Å². The van der Waals surface area contributed by atoms with E-state index in [9.17, 15) is 4.79 Å². The van der Waals surface area contributed by atoms with Crippen molar-refractivity contribution in [3.05, 3.63) is 34.9 Å². The van der Waals surface area contributed by atoms with Crippen molar-refractivity contribution >= 4 is 18.3 Å². The number of carbonyl (C=O) groups excluding carboxylic acids is 1. The lowest BCUT2D eigenvalue weighted by Crippen LogP contribution is -2.49. The van der Waals surface area contributed by atoms with Crippen LogP contribution in [-0.2, 0) is 4.79 Å². The molecular formula is C21H33ClN2O. The van der Waals surface area contributed by atoms with Gasteiger partial charge in [-0.1, -0.05) is 30.2 Å². The molecule has 0 aliphatic heterocycles. The fourth-order valence-corrected chi connectivity index (χ4v) is 4.89. The Balaban J connectivity index is 0.00000225. The Labute approximate surface area is 158 Å². The van der Waals surface area contributed by atoms with Gasteiger partial charge in [-0.2, -0.15) is 0 Å². The second kappa shape index (κ2) is 8.09. The van der Waals surface area contributed by atoms with Crippen LogP contribution in [0.1, 0.15) is 61.8 Å². The minimum absolute atomic E-state index is 0. The number of amides is 1. The van der Waals surface area contributed by atoms with E-state index < -0.39 is 0 Å². The van der Waals surface area contributed by atoms with Crippen molar-refractivity contribution in [2.45, 2.75) is 65.0 Å². The summed E-state index contributed by atoms with van der Waals surface area (Å²) in [6.45, 7) is 6.39. The molecule has 1 aromatic carbocycles. The minimum Gasteiger partial charge on any atom is -0.339 e. The summed E-state index contributed by atoms with van der Waals surface area (Å²) in [5.41, 5.74) is 10.2. The molecule has 2 fully saturated rings. The van der Waals surface area contributed by atoms with E-state index in [2.05, 4.69) is 39.0 Å². The molecule has 1 aromatic rings. The van der Waals surface area contributed by atoms with Crippen molar-refractivity contribution in [3.63, 3.8) is 0 Å². The van der Waals surface area contributed by atoms with Gasteiger partial charge in [0.2, 0.25) is 5.91 Å². The van der Waals surface area contributed by atoms with E-state index in [1.54, 1.807) is 0 Å². The van der Waals surface area contributed by atoms with Gasteiger partial charge in [-0.15, -0.1) is 12.4 Å². The van der Waals surface area contributed by atoms with E-state index in [1.807, 2.05) is 11.9 Å². The first-order valence-electron chi connectivity index (χ1n) is 9.48. The van der Waals surface area contributed by atoms with Gasteiger partial charge in [0.15, 0.2) is 0 Å². The zero-order valence-corrected chi connectivity index (χ0v) is 16.8. The predicted octanol–water partition coefficient (Wildman–Crippen LogP) is 4.40. The Bertz CT molecular complexity index is 604. The number of nitrogens with two attached hydrogens (primary N) is 1. The zero-order valence-electron chi connectivity index (χ0n) is 16.0. The quantitative estimate of drug-likeness (QED) is 0.864. The smallest absolute Gasteiger partial charge is 0.225 e. The number of benzene rings is 1. The number of rotatable bonds is 3. The first-order valence-corrected chi connectivity index (χ1v) is 9.48. The van der Waals surface area contributed by atoms with Crippen molar-refractivity contribution in [1.29, 1.82) is 0 Å². The maximum atomic E-state index is 13.1. The molecule has 1 amide bonds. The summed E-state index contributed by atoms with van der Waals surface area (Å²) < 4.78 is 0. The molecule has 3 atom stereocenters. The Morgan fingerprint density at radius 3 is 2.40 bits per heavy atom. The maximum absolute atomic E-state index is 13.1. The van der Waals surface area contributed by atoms with Crippen LogP contribution in [0.4, 0.5) is 0 Å². The molecule has 2 bridgehead atoms. The summed E-state index contributed by atoms with van der Waals surface area (Å²) in [6.07, 6.45) is 5.68. The number of hydrogen-bond donors (Lipinski definition) is 1. The maximum Gasteiger partial charge on any atom is 0.225 e. The second-order valence-corrected chi connectivity index (χ2v) is 8.18. The molecule has 4 heteroatoms. The van der Waals surface area contributed by atoms with Crippen molar-refractivity contribution in [3.8, 4) is 0 Å². The topological polar surface area (TPSA) is 46.3 Å². The number of hydrogen-bond acceptors (Lipinski definition) is 2. The monoisotopic (exact) mass is 364 g/mol. The predicted molar refractivity (Wildman–Crippen MR) is 106 cm³/mol. The molecule has 0 spiro atoms. The lowest BCUT2D eigenvalue weighted by Gasteiger charge is -2.44. The summed E-state index contributed by atoms with van der Waals surface area (Å²) >= 11 is 0. The van der Waals surface area contributed by atoms with Crippen molar-refractivity contribution < 1.29 is 4.79 Å². The van der Waals surface area contributed by atoms with Crippen LogP contribution in [0.2, 0.25) is 0 Å². The third-order valence-corrected chi connectivity index (χ3v) is 6.58. The Kier molecular flexibility index (Phi) is 6.56. The molecule has 0 heterocycles. The van der Waals surface area contributed by atoms with Gasteiger partial charge in [-0.05, 0) is 69.4 Å². The van der Waals surface area contributed by atoms with Gasteiger partial charge >= 0.3 is 0 Å². The first kappa shape index (κ1) is 20.3. The molecule has 2 aliphatic carbocycles. The number of halogens is 1. The Hall–Kier alpha value is -1.06. The molecular weight excluding hydrogens is 332 g/mol. The SMILES string of the molecule is Cc1ccc(C)c(C(C)N(C)C(=O)C2CC3CCCC(C2)C3N)c1.Cl. The number of carbonyl (C=O) groups is 1. The summed E-state index contributed by atoms with van der Waals surface area (Å²) in [5.74, 6) is 1.58. The highest BCUT2D eigenvalue weighted by molar-refractivity contribution is 5.85. The molecule has 0 aromatic heterocycles. The third kappa shape index (κ3) is 4.03. The van der Waals surface area contributed by atoms with Gasteiger partial charge in [-0.25, -0.2) is 0 Å². The van der Waals surface area contributed by atoms with Gasteiger partial charge in [0.05, 0.1) is 6.04 Å². The van der Waals surface area contributed by atoms with Crippen LogP contribution in [0.15, 0.2) is 18.2 Å². The molecule has 0 radical (unpaired) electrons. The normalized spacial score (nSPS) is 29.5. The van der Waals surface area contributed by atoms with Crippen molar-refractivity contribution in [1.82, 2.24) is 4.90 Å². The van der Waals surface area contributed by atoms with Gasteiger partial charge in [0.25, 0.3) is 0 Å². The van der Waals surface area contributed by atoms with E-state index >= 15 is 0 Å². The fraction of sp³-hybridized carbons (Fsp3) is 0.667. The number of nitrogens with zero attached hydrogens (tertiary/aromatic N) is 1. The lowest BCUT2D eigenvalue weighted by molar-refractivity contribution is -0.139. The molecule has 140 valence electrons. The van der Waals surface area contributed by atoms with E-state index in [1.165, 1.54) is 36.0 Å². The summed E-state index contributed by atoms with van der Waals surface area (Å²) in [7, 11) is 1.97. The van der Waals surface area contributed by atoms with E-state index in [4.69, 9.17) is 5.73 Å². The van der Waals surface area contributed by atoms with Gasteiger partial charge in [-0.3, -0.25) is 4.79 Å². The minimum atomic E-state index is 0. The number of fused-ring (bicyclic) bond motifs is 2. The average Bonchev–Trinajstić information content (AvgIpc) is 2.55. The first-order chi connectivity index (χ1) is 11.4. The summed E-state index contributed by atoms with van der Waals surface area (Å²) in [6, 6.07) is 6.95. The van der Waals surface area contributed by atoms with Crippen molar-refractivity contribution in [2.24, 2.45) is 23.5 Å². The van der Waals surface area contributed by atoms with Crippen LogP contribution in [0.5, 0.6) is 0 Å². The molecule has 3 rings (SSSR count). The third-order valence-electron chi connectivity index (χ3n) is 6.58. The highest BCUT2D eigenvalue weighted by atomic mass is 35.5. The van der Waals surface area contributed by atoms with E-state index in [0.717, 1.165) is 12.8 Å². The van der Waals surface area contributed by atoms with Crippen LogP contribution in [0, 0.1) is 31.6 Å². The summed E-state index contributed by atoms with van der Waals surface area (Å²) in [5, 5.41) is 0. The van der Waals surface area contributed by atoms with Crippen LogP contribution in [0.25, 0.3) is 0 Å². The zero-order chi connectivity index (χ0) is 17.4. The summed E-state index contributed by atoms with van der Waals surface area (Å²) in [4.78, 5) is 15.1. The standard InChI is InChI=1S/C21H32N2O.ClH/c1-13-8-9-14(2)19(10-13)15(3)23(4)21(24)18-11-16-6-5-7-17(12-18)20(16)22;/h8-10,15-18,20H,5-7,11-12,22H2,1-4H3;1H. The van der Waals surface area contributed by atoms with Crippen molar-refractivity contribution in [2.75, 3.05) is 7.05 Å². The molecule has 3 unspecified atom stereocenters. The lowest BCUT2D eigenvalue weighted by atomic mass is 9.65. The second-order valence-electron chi connectivity index (χ2n) is 8.18. The van der Waals surface area contributed by atoms with E-state index in [-0.39, 0.29) is 24.4 Å². The van der Waals surface area contributed by atoms with Crippen LogP contribution in [0.3, 0.4) is 0 Å². The number of aryl methyl sites for hydroxylation is 2. The van der Waals surface area contributed by atoms with Gasteiger partial charge in [0, 0.05) is 19.0 Å². The highest BCUT2D eigenvalue weighted by Gasteiger charge is 2.41. The molecule has 2 saturated carbocycles. The molecule has 0 saturated heterocycles. The van der Waals surface area contributed by atoms with Gasteiger partial charge in [0.1, 0.15) is 0 Å². The molecule has 2 N–H and O–H groups in total. The van der Waals surface area contributed by atoms with E-state index in [0.29, 0.717) is 23.8 Å². The van der Waals surface area contributed by atoms with Crippen LogP contribution < -0.4 is 5.73 Å². The Morgan fingerprint density at radius 2 is 1.80 bits per heavy atom. The highest BCUT2D eigenvalue weighted by Crippen LogP contribution is 2.43. The molecule has 2 aliphatic rings. The average molecular weight is 365 g/mol. The Morgan fingerprint density at radius 1 is 1.20 bits per heavy atom.